The predicted molar refractivity (Wildman–Crippen MR) is 140 cm³/mol. The van der Waals surface area contributed by atoms with E-state index in [2.05, 4.69) is 25.6 Å². The molecule has 0 aliphatic rings. The molecule has 0 aromatic carbocycles. The summed E-state index contributed by atoms with van der Waals surface area (Å²) in [6.07, 6.45) is -1.68. The summed E-state index contributed by atoms with van der Waals surface area (Å²) < 4.78 is 24.8. The summed E-state index contributed by atoms with van der Waals surface area (Å²) in [7, 11) is 0. The Hall–Kier alpha value is -3.83. The Labute approximate surface area is 250 Å². The summed E-state index contributed by atoms with van der Waals surface area (Å²) in [5.74, 6) is -2.04. The van der Waals surface area contributed by atoms with Crippen LogP contribution in [0.25, 0.3) is 0 Å². The van der Waals surface area contributed by atoms with Crippen molar-refractivity contribution in [3.8, 4) is 0 Å². The molecule has 1 aromatic rings. The number of hydrogen-bond acceptors (Lipinski definition) is 18. The summed E-state index contributed by atoms with van der Waals surface area (Å²) >= 11 is 0. The van der Waals surface area contributed by atoms with Gasteiger partial charge in [-0.05, 0) is 59.8 Å². The van der Waals surface area contributed by atoms with Gasteiger partial charge in [0.25, 0.3) is 0 Å². The number of esters is 1. The number of hydrogen-bond donors (Lipinski definition) is 8. The third-order valence-electron chi connectivity index (χ3n) is 5.13. The van der Waals surface area contributed by atoms with Crippen molar-refractivity contribution in [2.24, 2.45) is 0 Å². The number of carbonyl (C=O) groups is 3. The summed E-state index contributed by atoms with van der Waals surface area (Å²) in [5.41, 5.74) is -0.830. The fraction of sp³-hybridized carbons (Fsp3) is 0.696. The van der Waals surface area contributed by atoms with Gasteiger partial charge in [0.1, 0.15) is 24.4 Å². The zero-order valence-corrected chi connectivity index (χ0v) is 24.7. The number of alkyl carbamates (subject to hydrolysis) is 2. The van der Waals surface area contributed by atoms with Crippen LogP contribution in [0.1, 0.15) is 64.4 Å². The van der Waals surface area contributed by atoms with Gasteiger partial charge in [-0.2, -0.15) is 0 Å². The van der Waals surface area contributed by atoms with Gasteiger partial charge in [0, 0.05) is 6.54 Å². The van der Waals surface area contributed by atoms with Crippen LogP contribution in [-0.4, -0.2) is 93.2 Å². The molecule has 0 bridgehead atoms. The van der Waals surface area contributed by atoms with E-state index in [-0.39, 0.29) is 43.9 Å². The smallest absolute Gasteiger partial charge is 0.456 e. The summed E-state index contributed by atoms with van der Waals surface area (Å²) in [6, 6.07) is -1.15. The average Bonchev–Trinajstić information content (AvgIpc) is 3.22. The van der Waals surface area contributed by atoms with Gasteiger partial charge in [-0.3, -0.25) is 31.6 Å². The first-order valence-electron chi connectivity index (χ1n) is 13.2. The molecule has 0 aliphatic carbocycles. The number of amides is 2. The van der Waals surface area contributed by atoms with E-state index in [1.807, 2.05) is 0 Å². The molecule has 0 aliphatic heterocycles. The van der Waals surface area contributed by atoms with Crippen molar-refractivity contribution in [1.82, 2.24) is 26.7 Å². The van der Waals surface area contributed by atoms with E-state index >= 15 is 0 Å². The van der Waals surface area contributed by atoms with Crippen molar-refractivity contribution in [3.05, 3.63) is 22.1 Å². The van der Waals surface area contributed by atoms with E-state index in [4.69, 9.17) is 49.3 Å². The van der Waals surface area contributed by atoms with Gasteiger partial charge in [-0.15, -0.1) is 0 Å². The first-order valence-corrected chi connectivity index (χ1v) is 13.2. The Kier molecular flexibility index (Phi) is 16.9. The molecule has 1 aromatic heterocycles. The molecule has 2 unspecified atom stereocenters. The van der Waals surface area contributed by atoms with Crippen LogP contribution in [0.4, 0.5) is 9.59 Å². The number of aryl methyl sites for hydroxylation is 1. The number of guanidine groups is 1. The summed E-state index contributed by atoms with van der Waals surface area (Å²) in [6.45, 7) is 5.59. The highest BCUT2D eigenvalue weighted by Crippen LogP contribution is 2.11. The van der Waals surface area contributed by atoms with Crippen molar-refractivity contribution in [1.29, 1.82) is 5.41 Å². The molecule has 44 heavy (non-hydrogen) atoms. The van der Waals surface area contributed by atoms with Crippen LogP contribution in [0.15, 0.2) is 13.6 Å². The molecular weight excluding hydrogens is 600 g/mol. The van der Waals surface area contributed by atoms with Crippen molar-refractivity contribution in [2.75, 3.05) is 19.8 Å². The molecule has 21 nitrogen and oxygen atoms in total. The molecule has 1 rings (SSSR count). The van der Waals surface area contributed by atoms with Gasteiger partial charge in [0.05, 0.1) is 17.4 Å². The van der Waals surface area contributed by atoms with Crippen LogP contribution in [0.2, 0.25) is 0 Å². The largest absolute Gasteiger partial charge is 0.519 e. The van der Waals surface area contributed by atoms with Gasteiger partial charge in [0.15, 0.2) is 24.1 Å². The second kappa shape index (κ2) is 19.4. The maximum Gasteiger partial charge on any atom is 0.519 e. The quantitative estimate of drug-likeness (QED) is 0.0278. The lowest BCUT2D eigenvalue weighted by Gasteiger charge is -2.23. The normalized spacial score (nSPS) is 12.9. The van der Waals surface area contributed by atoms with E-state index in [1.165, 1.54) is 6.92 Å². The van der Waals surface area contributed by atoms with Gasteiger partial charge in [-0.1, -0.05) is 0 Å². The first-order chi connectivity index (χ1) is 20.6. The number of unbranched alkanes of at least 4 members (excludes halogenated alkanes) is 1. The minimum absolute atomic E-state index is 0.0112. The molecule has 0 spiro atoms. The standard InChI is InChI=1S/C23H40N6O15/c1-14-17(42-22(33)41-14)13-39-18(30)16(26-21(32)43-23(2,3)4)9-7-10-25-19(24)27-20(31)38-11-6-5-8-15(44-29(36)37)12-40-28(34)35/h15-16,34-37H,5-13H2,1-4H3,(H,26,32)(H3,24,25,27,31). The zero-order valence-electron chi connectivity index (χ0n) is 24.7. The van der Waals surface area contributed by atoms with E-state index in [1.54, 1.807) is 20.8 Å². The van der Waals surface area contributed by atoms with Crippen LogP contribution in [0.3, 0.4) is 0 Å². The van der Waals surface area contributed by atoms with Crippen LogP contribution >= 0.6 is 0 Å². The number of ether oxygens (including phenoxy) is 3. The fourth-order valence-electron chi connectivity index (χ4n) is 3.23. The minimum atomic E-state index is -1.15. The van der Waals surface area contributed by atoms with Crippen LogP contribution in [0.5, 0.6) is 0 Å². The molecule has 1 heterocycles. The van der Waals surface area contributed by atoms with Crippen molar-refractivity contribution in [2.45, 2.75) is 84.2 Å². The third-order valence-corrected chi connectivity index (χ3v) is 5.13. The second-order valence-corrected chi connectivity index (χ2v) is 9.97. The van der Waals surface area contributed by atoms with Gasteiger partial charge in [-0.25, -0.2) is 28.9 Å². The maximum absolute atomic E-state index is 12.7. The third kappa shape index (κ3) is 18.0. The van der Waals surface area contributed by atoms with Crippen LogP contribution in [0, 0.1) is 12.3 Å². The molecule has 252 valence electrons. The number of nitrogens with one attached hydrogen (secondary N) is 4. The number of nitrogens with zero attached hydrogens (tertiary/aromatic N) is 2. The van der Waals surface area contributed by atoms with Gasteiger partial charge < -0.3 is 33.7 Å². The number of carbonyl (C=O) groups excluding carboxylic acids is 3. The van der Waals surface area contributed by atoms with Gasteiger partial charge in [0.2, 0.25) is 0 Å². The Bertz CT molecular complexity index is 1100. The molecule has 21 heteroatoms. The summed E-state index contributed by atoms with van der Waals surface area (Å²) in [5, 5.41) is 48.5. The molecule has 2 atom stereocenters. The summed E-state index contributed by atoms with van der Waals surface area (Å²) in [4.78, 5) is 56.9. The monoisotopic (exact) mass is 640 g/mol. The Morgan fingerprint density at radius 2 is 1.68 bits per heavy atom. The zero-order chi connectivity index (χ0) is 33.3. The molecule has 8 N–H and O–H groups in total. The second-order valence-electron chi connectivity index (χ2n) is 9.97. The van der Waals surface area contributed by atoms with E-state index in [0.29, 0.717) is 12.8 Å². The van der Waals surface area contributed by atoms with Crippen LogP contribution < -0.4 is 21.8 Å². The topological polar surface area (TPSA) is 288 Å². The molecule has 2 amide bonds. The Balaban J connectivity index is 2.43. The van der Waals surface area contributed by atoms with Gasteiger partial charge >= 0.3 is 24.0 Å². The van der Waals surface area contributed by atoms with Crippen molar-refractivity contribution in [3.63, 3.8) is 0 Å². The highest BCUT2D eigenvalue weighted by molar-refractivity contribution is 5.92. The molecule has 0 saturated carbocycles. The SMILES string of the molecule is Cc1oc(=O)oc1COC(=O)C(CCCNC(=N)NC(=O)OCCCCC(CON(O)O)ON(O)O)NC(=O)OC(C)(C)C. The lowest BCUT2D eigenvalue weighted by Crippen LogP contribution is -2.45. The predicted octanol–water partition coefficient (Wildman–Crippen LogP) is 1.07. The van der Waals surface area contributed by atoms with Crippen molar-refractivity contribution < 1.29 is 67.9 Å². The minimum Gasteiger partial charge on any atom is -0.456 e. The highest BCUT2D eigenvalue weighted by atomic mass is 17.1. The molecule has 0 saturated heterocycles. The lowest BCUT2D eigenvalue weighted by molar-refractivity contribution is -0.527. The fourth-order valence-corrected chi connectivity index (χ4v) is 3.23. The van der Waals surface area contributed by atoms with E-state index < -0.39 is 71.7 Å². The first kappa shape index (κ1) is 38.2. The van der Waals surface area contributed by atoms with Crippen molar-refractivity contribution >= 4 is 24.1 Å². The lowest BCUT2D eigenvalue weighted by atomic mass is 10.1. The average molecular weight is 641 g/mol. The van der Waals surface area contributed by atoms with Crippen LogP contribution in [-0.2, 0) is 35.3 Å². The maximum atomic E-state index is 12.7. The molecular formula is C23H40N6O15. The number of rotatable bonds is 18. The molecule has 0 radical (unpaired) electrons. The van der Waals surface area contributed by atoms with E-state index in [9.17, 15) is 19.2 Å². The Morgan fingerprint density at radius 1 is 0.977 bits per heavy atom. The highest BCUT2D eigenvalue weighted by Gasteiger charge is 2.26. The van der Waals surface area contributed by atoms with E-state index in [0.717, 1.165) is 0 Å². The Morgan fingerprint density at radius 3 is 2.27 bits per heavy atom. The molecule has 0 fully saturated rings.